The minimum atomic E-state index is -0.626. The molecule has 3 unspecified atom stereocenters. The van der Waals surface area contributed by atoms with Crippen LogP contribution in [0.5, 0.6) is 0 Å². The predicted octanol–water partition coefficient (Wildman–Crippen LogP) is 0.00390. The molecule has 0 aliphatic carbocycles. The van der Waals surface area contributed by atoms with Crippen molar-refractivity contribution < 1.29 is 9.13 Å². The Hall–Kier alpha value is -0.190. The zero-order chi connectivity index (χ0) is 9.26. The van der Waals surface area contributed by atoms with E-state index in [0.29, 0.717) is 25.5 Å². The van der Waals surface area contributed by atoms with Gasteiger partial charge in [-0.25, -0.2) is 4.39 Å². The highest BCUT2D eigenvalue weighted by Crippen LogP contribution is 2.18. The van der Waals surface area contributed by atoms with Gasteiger partial charge in [-0.05, 0) is 6.42 Å². The van der Waals surface area contributed by atoms with E-state index in [2.05, 4.69) is 4.90 Å². The molecule has 76 valence electrons. The van der Waals surface area contributed by atoms with Gasteiger partial charge >= 0.3 is 0 Å². The molecule has 0 aromatic heterocycles. The van der Waals surface area contributed by atoms with Crippen molar-refractivity contribution in [3.63, 3.8) is 0 Å². The summed E-state index contributed by atoms with van der Waals surface area (Å²) < 4.78 is 18.1. The lowest BCUT2D eigenvalue weighted by molar-refractivity contribution is 0.171. The van der Waals surface area contributed by atoms with E-state index in [-0.39, 0.29) is 6.04 Å². The number of rotatable bonds is 2. The Kier molecular flexibility index (Phi) is 2.81. The highest BCUT2D eigenvalue weighted by Gasteiger charge is 2.30. The van der Waals surface area contributed by atoms with Crippen LogP contribution in [-0.2, 0) is 4.74 Å². The van der Waals surface area contributed by atoms with Gasteiger partial charge in [-0.2, -0.15) is 0 Å². The summed E-state index contributed by atoms with van der Waals surface area (Å²) in [5.41, 5.74) is 5.85. The Morgan fingerprint density at radius 1 is 1.46 bits per heavy atom. The van der Waals surface area contributed by atoms with E-state index < -0.39 is 6.17 Å². The summed E-state index contributed by atoms with van der Waals surface area (Å²) in [7, 11) is 0. The zero-order valence-corrected chi connectivity index (χ0v) is 7.79. The Morgan fingerprint density at radius 3 is 2.85 bits per heavy atom. The van der Waals surface area contributed by atoms with Crippen molar-refractivity contribution in [3.05, 3.63) is 0 Å². The number of hydrogen-bond donors (Lipinski definition) is 1. The first-order valence-electron chi connectivity index (χ1n) is 4.95. The van der Waals surface area contributed by atoms with Crippen LogP contribution in [-0.4, -0.2) is 50.0 Å². The third kappa shape index (κ3) is 2.18. The highest BCUT2D eigenvalue weighted by molar-refractivity contribution is 4.84. The largest absolute Gasteiger partial charge is 0.379 e. The van der Waals surface area contributed by atoms with Crippen LogP contribution >= 0.6 is 0 Å². The lowest BCUT2D eigenvalue weighted by Gasteiger charge is -2.20. The van der Waals surface area contributed by atoms with Crippen LogP contribution in [0.3, 0.4) is 0 Å². The van der Waals surface area contributed by atoms with E-state index in [4.69, 9.17) is 10.5 Å². The quantitative estimate of drug-likeness (QED) is 0.663. The molecule has 0 saturated carbocycles. The van der Waals surface area contributed by atoms with E-state index in [1.54, 1.807) is 0 Å². The summed E-state index contributed by atoms with van der Waals surface area (Å²) in [6, 6.07) is 0.152. The summed E-state index contributed by atoms with van der Waals surface area (Å²) in [5, 5.41) is 0. The summed E-state index contributed by atoms with van der Waals surface area (Å²) in [6.45, 7) is 3.78. The van der Waals surface area contributed by atoms with Gasteiger partial charge in [-0.1, -0.05) is 0 Å². The Labute approximate surface area is 78.0 Å². The third-order valence-electron chi connectivity index (χ3n) is 2.96. The van der Waals surface area contributed by atoms with Gasteiger partial charge in [0.15, 0.2) is 0 Å². The molecule has 4 heteroatoms. The van der Waals surface area contributed by atoms with E-state index in [0.717, 1.165) is 19.7 Å². The maximum Gasteiger partial charge on any atom is 0.114 e. The van der Waals surface area contributed by atoms with Crippen LogP contribution in [0, 0.1) is 5.92 Å². The van der Waals surface area contributed by atoms with Crippen molar-refractivity contribution in [3.8, 4) is 0 Å². The number of alkyl halides is 1. The fourth-order valence-corrected chi connectivity index (χ4v) is 2.09. The normalized spacial score (nSPS) is 41.5. The predicted molar refractivity (Wildman–Crippen MR) is 48.2 cm³/mol. The molecular weight excluding hydrogens is 171 g/mol. The smallest absolute Gasteiger partial charge is 0.114 e. The first-order valence-corrected chi connectivity index (χ1v) is 4.95. The fraction of sp³-hybridized carbons (Fsp3) is 1.00. The minimum Gasteiger partial charge on any atom is -0.379 e. The minimum absolute atomic E-state index is 0.152. The van der Waals surface area contributed by atoms with Gasteiger partial charge in [0, 0.05) is 31.6 Å². The summed E-state index contributed by atoms with van der Waals surface area (Å²) in [5.74, 6) is 0.408. The molecule has 2 aliphatic rings. The third-order valence-corrected chi connectivity index (χ3v) is 2.96. The second-order valence-electron chi connectivity index (χ2n) is 4.11. The standard InChI is InChI=1S/C9H17FN2O/c10-8-1-2-12(4-8)3-7-5-13-6-9(7)11/h7-9H,1-6,11H2. The molecule has 2 rings (SSSR count). The molecule has 0 aromatic rings. The molecule has 2 heterocycles. The van der Waals surface area contributed by atoms with Gasteiger partial charge < -0.3 is 10.5 Å². The molecule has 3 nitrogen and oxygen atoms in total. The van der Waals surface area contributed by atoms with Crippen LogP contribution in [0.1, 0.15) is 6.42 Å². The maximum atomic E-state index is 12.8. The number of likely N-dealkylation sites (tertiary alicyclic amines) is 1. The van der Waals surface area contributed by atoms with Gasteiger partial charge in [0.2, 0.25) is 0 Å². The van der Waals surface area contributed by atoms with Crippen LogP contribution in [0.25, 0.3) is 0 Å². The monoisotopic (exact) mass is 188 g/mol. The van der Waals surface area contributed by atoms with Crippen LogP contribution in [0.4, 0.5) is 4.39 Å². The highest BCUT2D eigenvalue weighted by atomic mass is 19.1. The van der Waals surface area contributed by atoms with E-state index in [9.17, 15) is 4.39 Å². The number of ether oxygens (including phenoxy) is 1. The van der Waals surface area contributed by atoms with Crippen molar-refractivity contribution in [2.75, 3.05) is 32.8 Å². The number of hydrogen-bond acceptors (Lipinski definition) is 3. The molecule has 0 bridgehead atoms. The number of halogens is 1. The number of nitrogens with zero attached hydrogens (tertiary/aromatic N) is 1. The molecule has 0 radical (unpaired) electrons. The first-order chi connectivity index (χ1) is 6.25. The Balaban J connectivity index is 1.77. The van der Waals surface area contributed by atoms with Crippen LogP contribution < -0.4 is 5.73 Å². The van der Waals surface area contributed by atoms with Crippen molar-refractivity contribution in [1.29, 1.82) is 0 Å². The second kappa shape index (κ2) is 3.90. The van der Waals surface area contributed by atoms with Crippen LogP contribution in [0.15, 0.2) is 0 Å². The van der Waals surface area contributed by atoms with Gasteiger partial charge in [-0.3, -0.25) is 4.90 Å². The molecule has 2 fully saturated rings. The number of nitrogens with two attached hydrogens (primary N) is 1. The summed E-state index contributed by atoms with van der Waals surface area (Å²) in [4.78, 5) is 2.16. The van der Waals surface area contributed by atoms with Gasteiger partial charge in [0.05, 0.1) is 13.2 Å². The van der Waals surface area contributed by atoms with E-state index in [1.165, 1.54) is 0 Å². The van der Waals surface area contributed by atoms with Crippen LogP contribution in [0.2, 0.25) is 0 Å². The molecule has 3 atom stereocenters. The fourth-order valence-electron chi connectivity index (χ4n) is 2.09. The van der Waals surface area contributed by atoms with Gasteiger partial charge in [0.1, 0.15) is 6.17 Å². The van der Waals surface area contributed by atoms with Gasteiger partial charge in [-0.15, -0.1) is 0 Å². The van der Waals surface area contributed by atoms with Crippen molar-refractivity contribution in [2.24, 2.45) is 11.7 Å². The Bertz CT molecular complexity index is 179. The topological polar surface area (TPSA) is 38.5 Å². The average molecular weight is 188 g/mol. The molecular formula is C9H17FN2O. The van der Waals surface area contributed by atoms with Gasteiger partial charge in [0.25, 0.3) is 0 Å². The summed E-state index contributed by atoms with van der Waals surface area (Å²) in [6.07, 6.45) is 0.0570. The Morgan fingerprint density at radius 2 is 2.31 bits per heavy atom. The lowest BCUT2D eigenvalue weighted by atomic mass is 10.0. The summed E-state index contributed by atoms with van der Waals surface area (Å²) >= 11 is 0. The molecule has 2 N–H and O–H groups in total. The molecule has 2 aliphatic heterocycles. The van der Waals surface area contributed by atoms with Crippen molar-refractivity contribution >= 4 is 0 Å². The lowest BCUT2D eigenvalue weighted by Crippen LogP contribution is -2.37. The average Bonchev–Trinajstić information content (AvgIpc) is 2.64. The van der Waals surface area contributed by atoms with Crippen molar-refractivity contribution in [2.45, 2.75) is 18.6 Å². The molecule has 13 heavy (non-hydrogen) atoms. The first kappa shape index (κ1) is 9.37. The van der Waals surface area contributed by atoms with E-state index in [1.807, 2.05) is 0 Å². The molecule has 2 saturated heterocycles. The SMILES string of the molecule is NC1COCC1CN1CCC(F)C1. The zero-order valence-electron chi connectivity index (χ0n) is 7.79. The van der Waals surface area contributed by atoms with E-state index >= 15 is 0 Å². The maximum absolute atomic E-state index is 12.8. The molecule has 0 amide bonds. The molecule has 0 spiro atoms. The molecule has 0 aromatic carbocycles. The van der Waals surface area contributed by atoms with Crippen molar-refractivity contribution in [1.82, 2.24) is 4.90 Å². The second-order valence-corrected chi connectivity index (χ2v) is 4.11.